The van der Waals surface area contributed by atoms with Gasteiger partial charge in [-0.2, -0.15) is 0 Å². The SMILES string of the molecule is O=C(CCn1cnnn1)NCc1cccnc1N1CCN(c2ccccn2)CC1. The fourth-order valence-electron chi connectivity index (χ4n) is 3.32. The van der Waals surface area contributed by atoms with Gasteiger partial charge < -0.3 is 15.1 Å². The summed E-state index contributed by atoms with van der Waals surface area (Å²) >= 11 is 0. The lowest BCUT2D eigenvalue weighted by Gasteiger charge is -2.36. The van der Waals surface area contributed by atoms with Crippen molar-refractivity contribution in [3.05, 3.63) is 54.6 Å². The molecule has 0 aliphatic carbocycles. The Labute approximate surface area is 168 Å². The molecule has 1 N–H and O–H groups in total. The minimum atomic E-state index is -0.0460. The third-order valence-corrected chi connectivity index (χ3v) is 4.86. The van der Waals surface area contributed by atoms with E-state index in [1.54, 1.807) is 6.20 Å². The second-order valence-electron chi connectivity index (χ2n) is 6.75. The molecule has 0 unspecified atom stereocenters. The van der Waals surface area contributed by atoms with Gasteiger partial charge in [0.15, 0.2) is 0 Å². The minimum Gasteiger partial charge on any atom is -0.353 e. The first-order valence-electron chi connectivity index (χ1n) is 9.62. The Hall–Kier alpha value is -3.56. The lowest BCUT2D eigenvalue weighted by molar-refractivity contribution is -0.121. The van der Waals surface area contributed by atoms with E-state index in [9.17, 15) is 4.79 Å². The van der Waals surface area contributed by atoms with Crippen molar-refractivity contribution in [1.82, 2.24) is 35.5 Å². The Balaban J connectivity index is 1.32. The van der Waals surface area contributed by atoms with Crippen molar-refractivity contribution in [2.24, 2.45) is 0 Å². The number of pyridine rings is 2. The van der Waals surface area contributed by atoms with E-state index < -0.39 is 0 Å². The highest BCUT2D eigenvalue weighted by atomic mass is 16.1. The van der Waals surface area contributed by atoms with Gasteiger partial charge in [-0.1, -0.05) is 12.1 Å². The lowest BCUT2D eigenvalue weighted by Crippen LogP contribution is -2.47. The molecule has 1 saturated heterocycles. The minimum absolute atomic E-state index is 0.0460. The molecule has 1 amide bonds. The summed E-state index contributed by atoms with van der Waals surface area (Å²) in [6.07, 6.45) is 5.44. The number of nitrogens with zero attached hydrogens (tertiary/aromatic N) is 8. The second kappa shape index (κ2) is 9.09. The number of aryl methyl sites for hydroxylation is 1. The van der Waals surface area contributed by atoms with Crippen LogP contribution in [0.5, 0.6) is 0 Å². The Morgan fingerprint density at radius 3 is 2.59 bits per heavy atom. The molecular weight excluding hydrogens is 370 g/mol. The molecule has 1 aliphatic rings. The van der Waals surface area contributed by atoms with Gasteiger partial charge in [-0.25, -0.2) is 14.6 Å². The van der Waals surface area contributed by atoms with Gasteiger partial charge in [-0.05, 0) is 28.6 Å². The number of nitrogens with one attached hydrogen (secondary N) is 1. The summed E-state index contributed by atoms with van der Waals surface area (Å²) in [4.78, 5) is 25.7. The third-order valence-electron chi connectivity index (χ3n) is 4.86. The molecule has 0 radical (unpaired) electrons. The van der Waals surface area contributed by atoms with Crippen LogP contribution in [0.15, 0.2) is 49.1 Å². The van der Waals surface area contributed by atoms with Gasteiger partial charge >= 0.3 is 0 Å². The molecule has 29 heavy (non-hydrogen) atoms. The van der Waals surface area contributed by atoms with Gasteiger partial charge in [0.1, 0.15) is 18.0 Å². The van der Waals surface area contributed by atoms with Gasteiger partial charge in [-0.3, -0.25) is 4.79 Å². The predicted molar refractivity (Wildman–Crippen MR) is 107 cm³/mol. The normalized spacial score (nSPS) is 14.1. The largest absolute Gasteiger partial charge is 0.353 e. The molecule has 0 saturated carbocycles. The van der Waals surface area contributed by atoms with Crippen LogP contribution in [0.25, 0.3) is 0 Å². The van der Waals surface area contributed by atoms with E-state index in [2.05, 4.69) is 40.6 Å². The molecule has 4 heterocycles. The van der Waals surface area contributed by atoms with Gasteiger partial charge in [0.05, 0.1) is 6.54 Å². The highest BCUT2D eigenvalue weighted by Gasteiger charge is 2.21. The van der Waals surface area contributed by atoms with E-state index in [1.165, 1.54) is 11.0 Å². The summed E-state index contributed by atoms with van der Waals surface area (Å²) in [7, 11) is 0. The van der Waals surface area contributed by atoms with Crippen molar-refractivity contribution in [1.29, 1.82) is 0 Å². The molecule has 0 spiro atoms. The number of hydrogen-bond acceptors (Lipinski definition) is 8. The summed E-state index contributed by atoms with van der Waals surface area (Å²) in [5.41, 5.74) is 1.01. The van der Waals surface area contributed by atoms with E-state index in [4.69, 9.17) is 0 Å². The maximum atomic E-state index is 12.2. The maximum Gasteiger partial charge on any atom is 0.222 e. The van der Waals surface area contributed by atoms with Crippen LogP contribution in [0.3, 0.4) is 0 Å². The number of hydrogen-bond donors (Lipinski definition) is 1. The molecule has 10 heteroatoms. The molecular formula is C19H23N9O. The van der Waals surface area contributed by atoms with Gasteiger partial charge in [-0.15, -0.1) is 5.10 Å². The van der Waals surface area contributed by atoms with Gasteiger partial charge in [0, 0.05) is 57.1 Å². The summed E-state index contributed by atoms with van der Waals surface area (Å²) < 4.78 is 1.54. The van der Waals surface area contributed by atoms with Crippen molar-refractivity contribution >= 4 is 17.5 Å². The third kappa shape index (κ3) is 4.84. The fraction of sp³-hybridized carbons (Fsp3) is 0.368. The molecule has 3 aromatic rings. The molecule has 0 bridgehead atoms. The molecule has 4 rings (SSSR count). The van der Waals surface area contributed by atoms with Crippen molar-refractivity contribution in [3.8, 4) is 0 Å². The Kier molecular flexibility index (Phi) is 5.89. The highest BCUT2D eigenvalue weighted by molar-refractivity contribution is 5.76. The Morgan fingerprint density at radius 1 is 1.00 bits per heavy atom. The van der Waals surface area contributed by atoms with Crippen molar-refractivity contribution < 1.29 is 4.79 Å². The number of carbonyl (C=O) groups is 1. The Bertz CT molecular complexity index is 908. The molecule has 1 fully saturated rings. The number of carbonyl (C=O) groups excluding carboxylic acids is 1. The average Bonchev–Trinajstić information content (AvgIpc) is 3.31. The van der Waals surface area contributed by atoms with Crippen LogP contribution in [0.2, 0.25) is 0 Å². The van der Waals surface area contributed by atoms with Crippen LogP contribution in [-0.2, 0) is 17.9 Å². The number of aromatic nitrogens is 6. The standard InChI is InChI=1S/C19H23N9O/c29-18(6-9-28-15-23-24-25-28)22-14-16-4-3-8-21-19(16)27-12-10-26(11-13-27)17-5-1-2-7-20-17/h1-5,7-8,15H,6,9-14H2,(H,22,29). The molecule has 0 atom stereocenters. The Morgan fingerprint density at radius 2 is 1.83 bits per heavy atom. The van der Waals surface area contributed by atoms with Crippen LogP contribution < -0.4 is 15.1 Å². The van der Waals surface area contributed by atoms with Crippen LogP contribution in [0, 0.1) is 0 Å². The van der Waals surface area contributed by atoms with E-state index in [1.807, 2.05) is 36.5 Å². The second-order valence-corrected chi connectivity index (χ2v) is 6.75. The molecule has 10 nitrogen and oxygen atoms in total. The van der Waals surface area contributed by atoms with Crippen LogP contribution in [0.4, 0.5) is 11.6 Å². The van der Waals surface area contributed by atoms with E-state index >= 15 is 0 Å². The quantitative estimate of drug-likeness (QED) is 0.619. The zero-order valence-electron chi connectivity index (χ0n) is 16.1. The monoisotopic (exact) mass is 393 g/mol. The number of rotatable bonds is 7. The predicted octanol–water partition coefficient (Wildman–Crippen LogP) is 0.496. The summed E-state index contributed by atoms with van der Waals surface area (Å²) in [5, 5.41) is 13.9. The van der Waals surface area contributed by atoms with Crippen molar-refractivity contribution in [2.45, 2.75) is 19.5 Å². The molecule has 3 aromatic heterocycles. The number of tetrazole rings is 1. The number of anilines is 2. The first kappa shape index (κ1) is 18.8. The molecule has 0 aromatic carbocycles. The number of amides is 1. The molecule has 150 valence electrons. The van der Waals surface area contributed by atoms with Crippen LogP contribution in [0.1, 0.15) is 12.0 Å². The van der Waals surface area contributed by atoms with Crippen LogP contribution >= 0.6 is 0 Å². The first-order valence-corrected chi connectivity index (χ1v) is 9.62. The van der Waals surface area contributed by atoms with E-state index in [0.29, 0.717) is 19.5 Å². The lowest BCUT2D eigenvalue weighted by atomic mass is 10.2. The molecule has 1 aliphatic heterocycles. The van der Waals surface area contributed by atoms with Gasteiger partial charge in [0.25, 0.3) is 0 Å². The van der Waals surface area contributed by atoms with Crippen molar-refractivity contribution in [3.63, 3.8) is 0 Å². The van der Waals surface area contributed by atoms with Crippen molar-refractivity contribution in [2.75, 3.05) is 36.0 Å². The van der Waals surface area contributed by atoms with Gasteiger partial charge in [0.2, 0.25) is 5.91 Å². The van der Waals surface area contributed by atoms with E-state index in [0.717, 1.165) is 43.4 Å². The summed E-state index contributed by atoms with van der Waals surface area (Å²) in [6.45, 7) is 4.37. The smallest absolute Gasteiger partial charge is 0.222 e. The topological polar surface area (TPSA) is 105 Å². The average molecular weight is 393 g/mol. The summed E-state index contributed by atoms with van der Waals surface area (Å²) in [5.74, 6) is 1.88. The zero-order chi connectivity index (χ0) is 19.9. The first-order chi connectivity index (χ1) is 14.3. The fourth-order valence-corrected chi connectivity index (χ4v) is 3.32. The zero-order valence-corrected chi connectivity index (χ0v) is 16.1. The highest BCUT2D eigenvalue weighted by Crippen LogP contribution is 2.20. The summed E-state index contributed by atoms with van der Waals surface area (Å²) in [6, 6.07) is 9.88. The van der Waals surface area contributed by atoms with E-state index in [-0.39, 0.29) is 5.91 Å². The maximum absolute atomic E-state index is 12.2. The van der Waals surface area contributed by atoms with Crippen LogP contribution in [-0.4, -0.2) is 62.3 Å². The number of piperazine rings is 1.